The van der Waals surface area contributed by atoms with Crippen LogP contribution >= 0.6 is 11.3 Å². The molecule has 3 aromatic rings. The highest BCUT2D eigenvalue weighted by atomic mass is 32.1. The summed E-state index contributed by atoms with van der Waals surface area (Å²) in [5.74, 6) is 1.41. The van der Waals surface area contributed by atoms with Crippen molar-refractivity contribution >= 4 is 17.2 Å². The van der Waals surface area contributed by atoms with Gasteiger partial charge in [-0.05, 0) is 31.9 Å². The molecule has 0 radical (unpaired) electrons. The van der Waals surface area contributed by atoms with Crippen LogP contribution in [0.3, 0.4) is 0 Å². The van der Waals surface area contributed by atoms with E-state index in [1.165, 1.54) is 11.3 Å². The van der Waals surface area contributed by atoms with E-state index < -0.39 is 0 Å². The van der Waals surface area contributed by atoms with Gasteiger partial charge in [0.05, 0.1) is 11.2 Å². The standard InChI is InChI=1S/C17H17N5O2S/c1-11-14(25-10-19-11)17(23)22-8-5-12(6-9-22)15-20-16(24-21-15)13-4-2-3-7-18-13/h2-4,7,10,12H,5-6,8-9H2,1H3. The normalized spacial score (nSPS) is 15.5. The first kappa shape index (κ1) is 15.9. The molecule has 0 aliphatic carbocycles. The van der Waals surface area contributed by atoms with Crippen molar-refractivity contribution in [2.75, 3.05) is 13.1 Å². The molecule has 4 heterocycles. The average Bonchev–Trinajstić information content (AvgIpc) is 3.31. The number of aromatic nitrogens is 4. The SMILES string of the molecule is Cc1ncsc1C(=O)N1CCC(c2noc(-c3ccccn3)n2)CC1. The monoisotopic (exact) mass is 355 g/mol. The number of amides is 1. The summed E-state index contributed by atoms with van der Waals surface area (Å²) in [5.41, 5.74) is 3.19. The lowest BCUT2D eigenvalue weighted by atomic mass is 9.96. The van der Waals surface area contributed by atoms with Gasteiger partial charge in [-0.2, -0.15) is 4.98 Å². The summed E-state index contributed by atoms with van der Waals surface area (Å²) in [6.45, 7) is 3.25. The fourth-order valence-corrected chi connectivity index (χ4v) is 3.75. The molecule has 0 spiro atoms. The summed E-state index contributed by atoms with van der Waals surface area (Å²) in [6.07, 6.45) is 3.35. The number of pyridine rings is 1. The molecule has 1 aliphatic rings. The minimum atomic E-state index is 0.0701. The van der Waals surface area contributed by atoms with Gasteiger partial charge < -0.3 is 9.42 Å². The number of rotatable bonds is 3. The Labute approximate surface area is 148 Å². The zero-order chi connectivity index (χ0) is 17.2. The lowest BCUT2D eigenvalue weighted by Crippen LogP contribution is -2.38. The van der Waals surface area contributed by atoms with Crippen LogP contribution < -0.4 is 0 Å². The van der Waals surface area contributed by atoms with E-state index in [4.69, 9.17) is 4.52 Å². The maximum atomic E-state index is 12.6. The second-order valence-electron chi connectivity index (χ2n) is 6.01. The maximum Gasteiger partial charge on any atom is 0.276 e. The molecule has 1 saturated heterocycles. The quantitative estimate of drug-likeness (QED) is 0.718. The van der Waals surface area contributed by atoms with Crippen LogP contribution in [0.15, 0.2) is 34.4 Å². The van der Waals surface area contributed by atoms with Crippen molar-refractivity contribution in [3.05, 3.63) is 46.3 Å². The topological polar surface area (TPSA) is 85.0 Å². The largest absolute Gasteiger partial charge is 0.338 e. The minimum absolute atomic E-state index is 0.0701. The lowest BCUT2D eigenvalue weighted by Gasteiger charge is -2.30. The molecule has 0 unspecified atom stereocenters. The van der Waals surface area contributed by atoms with Crippen molar-refractivity contribution in [1.29, 1.82) is 0 Å². The third-order valence-electron chi connectivity index (χ3n) is 4.41. The summed E-state index contributed by atoms with van der Waals surface area (Å²) < 4.78 is 5.34. The van der Waals surface area contributed by atoms with E-state index in [0.29, 0.717) is 30.5 Å². The fourth-order valence-electron chi connectivity index (χ4n) is 2.99. The predicted octanol–water partition coefficient (Wildman–Crippen LogP) is 2.92. The Morgan fingerprint density at radius 1 is 1.28 bits per heavy atom. The summed E-state index contributed by atoms with van der Waals surface area (Å²) in [5, 5.41) is 4.11. The van der Waals surface area contributed by atoms with Gasteiger partial charge >= 0.3 is 0 Å². The van der Waals surface area contributed by atoms with E-state index in [-0.39, 0.29) is 11.8 Å². The smallest absolute Gasteiger partial charge is 0.276 e. The van der Waals surface area contributed by atoms with Gasteiger partial charge in [0.15, 0.2) is 5.82 Å². The highest BCUT2D eigenvalue weighted by molar-refractivity contribution is 7.11. The molecule has 8 heteroatoms. The van der Waals surface area contributed by atoms with Gasteiger partial charge in [0.2, 0.25) is 0 Å². The number of likely N-dealkylation sites (tertiary alicyclic amines) is 1. The van der Waals surface area contributed by atoms with Crippen molar-refractivity contribution in [2.45, 2.75) is 25.7 Å². The van der Waals surface area contributed by atoms with Gasteiger partial charge in [0, 0.05) is 25.2 Å². The van der Waals surface area contributed by atoms with E-state index in [1.807, 2.05) is 30.0 Å². The van der Waals surface area contributed by atoms with E-state index in [2.05, 4.69) is 20.1 Å². The average molecular weight is 355 g/mol. The van der Waals surface area contributed by atoms with Crippen molar-refractivity contribution in [1.82, 2.24) is 25.0 Å². The summed E-state index contributed by atoms with van der Waals surface area (Å²) in [7, 11) is 0. The van der Waals surface area contributed by atoms with Gasteiger partial charge in [-0.3, -0.25) is 9.78 Å². The van der Waals surface area contributed by atoms with Crippen LogP contribution in [0.5, 0.6) is 0 Å². The van der Waals surface area contributed by atoms with Gasteiger partial charge in [-0.1, -0.05) is 11.2 Å². The maximum absolute atomic E-state index is 12.6. The molecule has 0 N–H and O–H groups in total. The molecule has 25 heavy (non-hydrogen) atoms. The van der Waals surface area contributed by atoms with Crippen LogP contribution in [0.2, 0.25) is 0 Å². The van der Waals surface area contributed by atoms with Crippen LogP contribution in [0.4, 0.5) is 0 Å². The highest BCUT2D eigenvalue weighted by Gasteiger charge is 2.29. The Morgan fingerprint density at radius 2 is 2.12 bits per heavy atom. The molecule has 0 saturated carbocycles. The fraction of sp³-hybridized carbons (Fsp3) is 0.353. The molecule has 1 fully saturated rings. The zero-order valence-corrected chi connectivity index (χ0v) is 14.6. The Morgan fingerprint density at radius 3 is 2.80 bits per heavy atom. The van der Waals surface area contributed by atoms with Crippen LogP contribution in [0.25, 0.3) is 11.6 Å². The number of carbonyl (C=O) groups is 1. The van der Waals surface area contributed by atoms with Gasteiger partial charge in [-0.25, -0.2) is 4.98 Å². The number of hydrogen-bond acceptors (Lipinski definition) is 7. The van der Waals surface area contributed by atoms with Crippen molar-refractivity contribution in [3.8, 4) is 11.6 Å². The third kappa shape index (κ3) is 3.17. The number of nitrogens with zero attached hydrogens (tertiary/aromatic N) is 5. The number of carbonyl (C=O) groups excluding carboxylic acids is 1. The molecular weight excluding hydrogens is 338 g/mol. The van der Waals surface area contributed by atoms with Crippen LogP contribution in [-0.2, 0) is 0 Å². The van der Waals surface area contributed by atoms with Gasteiger partial charge in [0.1, 0.15) is 10.6 Å². The van der Waals surface area contributed by atoms with E-state index in [9.17, 15) is 4.79 Å². The van der Waals surface area contributed by atoms with Crippen molar-refractivity contribution < 1.29 is 9.32 Å². The number of thiazole rings is 1. The predicted molar refractivity (Wildman–Crippen MR) is 92.3 cm³/mol. The first-order valence-corrected chi connectivity index (χ1v) is 9.04. The number of piperidine rings is 1. The molecule has 0 aromatic carbocycles. The molecule has 3 aromatic heterocycles. The molecule has 4 rings (SSSR count). The lowest BCUT2D eigenvalue weighted by molar-refractivity contribution is 0.0714. The number of hydrogen-bond donors (Lipinski definition) is 0. The second kappa shape index (κ2) is 6.72. The Kier molecular flexibility index (Phi) is 4.27. The van der Waals surface area contributed by atoms with Gasteiger partial charge in [0.25, 0.3) is 11.8 Å². The first-order chi connectivity index (χ1) is 12.2. The van der Waals surface area contributed by atoms with Crippen molar-refractivity contribution in [3.63, 3.8) is 0 Å². The Hall–Kier alpha value is -2.61. The highest BCUT2D eigenvalue weighted by Crippen LogP contribution is 2.29. The van der Waals surface area contributed by atoms with E-state index in [0.717, 1.165) is 23.4 Å². The van der Waals surface area contributed by atoms with Crippen LogP contribution in [0, 0.1) is 6.92 Å². The third-order valence-corrected chi connectivity index (χ3v) is 5.33. The first-order valence-electron chi connectivity index (χ1n) is 8.16. The molecule has 1 aliphatic heterocycles. The molecule has 0 atom stereocenters. The van der Waals surface area contributed by atoms with Gasteiger partial charge in [-0.15, -0.1) is 11.3 Å². The summed E-state index contributed by atoms with van der Waals surface area (Å²) in [4.78, 5) is 28.0. The minimum Gasteiger partial charge on any atom is -0.338 e. The summed E-state index contributed by atoms with van der Waals surface area (Å²) in [6, 6.07) is 5.58. The number of aryl methyl sites for hydroxylation is 1. The molecule has 128 valence electrons. The Balaban J connectivity index is 1.42. The zero-order valence-electron chi connectivity index (χ0n) is 13.8. The molecule has 1 amide bonds. The molecule has 7 nitrogen and oxygen atoms in total. The Bertz CT molecular complexity index is 868. The molecular formula is C17H17N5O2S. The summed E-state index contributed by atoms with van der Waals surface area (Å²) >= 11 is 1.40. The van der Waals surface area contributed by atoms with Crippen molar-refractivity contribution in [2.24, 2.45) is 0 Å². The van der Waals surface area contributed by atoms with Crippen LogP contribution in [-0.4, -0.2) is 44.0 Å². The second-order valence-corrected chi connectivity index (χ2v) is 6.86. The van der Waals surface area contributed by atoms with E-state index in [1.54, 1.807) is 11.7 Å². The van der Waals surface area contributed by atoms with Crippen LogP contribution in [0.1, 0.15) is 39.9 Å². The van der Waals surface area contributed by atoms with E-state index >= 15 is 0 Å². The molecule has 0 bridgehead atoms.